The van der Waals surface area contributed by atoms with Crippen LogP contribution in [-0.4, -0.2) is 34.3 Å². The van der Waals surface area contributed by atoms with Crippen molar-refractivity contribution in [1.29, 1.82) is 0 Å². The number of anilines is 1. The molecule has 0 atom stereocenters. The smallest absolute Gasteiger partial charge is 0.261 e. The Morgan fingerprint density at radius 2 is 1.51 bits per heavy atom. The number of nitrogens with one attached hydrogen (secondary N) is 1. The number of aryl methyl sites for hydroxylation is 3. The molecule has 3 aromatic carbocycles. The number of benzene rings is 3. The Bertz CT molecular complexity index is 1440. The fraction of sp³-hybridized carbons (Fsp3) is 0.308. The summed E-state index contributed by atoms with van der Waals surface area (Å²) in [5, 5.41) is 0. The molecule has 1 heterocycles. The lowest BCUT2D eigenvalue weighted by atomic mass is 10.0. The number of rotatable bonds is 7. The first-order valence-corrected chi connectivity index (χ1v) is 14.4. The highest BCUT2D eigenvalue weighted by Gasteiger charge is 2.28. The molecule has 0 aromatic heterocycles. The van der Waals surface area contributed by atoms with E-state index in [9.17, 15) is 16.8 Å². The predicted octanol–water partition coefficient (Wildman–Crippen LogP) is 4.56. The average molecular weight is 515 g/mol. The Morgan fingerprint density at radius 3 is 2.14 bits per heavy atom. The van der Waals surface area contributed by atoms with E-state index in [1.54, 1.807) is 48.5 Å². The molecular formula is C26H30N2O5S2. The highest BCUT2D eigenvalue weighted by Crippen LogP contribution is 2.30. The Kier molecular flexibility index (Phi) is 6.95. The van der Waals surface area contributed by atoms with E-state index >= 15 is 0 Å². The minimum atomic E-state index is -3.84. The maximum absolute atomic E-state index is 13.1. The summed E-state index contributed by atoms with van der Waals surface area (Å²) in [6.07, 6.45) is 0.560. The second-order valence-corrected chi connectivity index (χ2v) is 12.4. The Morgan fingerprint density at radius 1 is 0.857 bits per heavy atom. The van der Waals surface area contributed by atoms with Crippen LogP contribution in [0.2, 0.25) is 0 Å². The Hall–Kier alpha value is -2.88. The molecule has 186 valence electrons. The summed E-state index contributed by atoms with van der Waals surface area (Å²) in [5.74, 6) is 0.690. The van der Waals surface area contributed by atoms with Crippen molar-refractivity contribution in [3.8, 4) is 5.75 Å². The molecule has 0 saturated heterocycles. The van der Waals surface area contributed by atoms with Gasteiger partial charge in [-0.1, -0.05) is 23.8 Å². The van der Waals surface area contributed by atoms with Gasteiger partial charge in [0.15, 0.2) is 0 Å². The molecule has 1 aliphatic rings. The number of nitrogens with zero attached hydrogens (tertiary/aromatic N) is 1. The van der Waals surface area contributed by atoms with Crippen molar-refractivity contribution in [1.82, 2.24) is 4.31 Å². The molecule has 1 aliphatic heterocycles. The molecular weight excluding hydrogens is 484 g/mol. The minimum absolute atomic E-state index is 0.150. The lowest BCUT2D eigenvalue weighted by molar-refractivity contribution is 0.335. The van der Waals surface area contributed by atoms with Crippen LogP contribution in [-0.2, 0) is 33.0 Å². The second kappa shape index (κ2) is 9.64. The highest BCUT2D eigenvalue weighted by molar-refractivity contribution is 7.92. The quantitative estimate of drug-likeness (QED) is 0.499. The first kappa shape index (κ1) is 25.2. The zero-order valence-electron chi connectivity index (χ0n) is 20.3. The molecule has 9 heteroatoms. The number of hydrogen-bond donors (Lipinski definition) is 1. The van der Waals surface area contributed by atoms with E-state index in [1.165, 1.54) is 4.31 Å². The van der Waals surface area contributed by atoms with Crippen molar-refractivity contribution in [3.63, 3.8) is 0 Å². The fourth-order valence-corrected chi connectivity index (χ4v) is 6.95. The summed E-state index contributed by atoms with van der Waals surface area (Å²) in [4.78, 5) is 0.405. The van der Waals surface area contributed by atoms with Crippen LogP contribution in [0.4, 0.5) is 5.69 Å². The SMILES string of the molecule is CCOc1c(C)cc(S(=O)(=O)Nc2ccc3c(c2)CN(S(=O)(=O)c2ccc(C)cc2)CC3)cc1C. The van der Waals surface area contributed by atoms with E-state index in [1.807, 2.05) is 33.8 Å². The molecule has 0 fully saturated rings. The van der Waals surface area contributed by atoms with Crippen molar-refractivity contribution in [3.05, 3.63) is 82.4 Å². The van der Waals surface area contributed by atoms with Gasteiger partial charge in [-0.3, -0.25) is 4.72 Å². The molecule has 3 aromatic rings. The van der Waals surface area contributed by atoms with E-state index in [4.69, 9.17) is 4.74 Å². The normalized spacial score (nSPS) is 14.4. The lowest BCUT2D eigenvalue weighted by Crippen LogP contribution is -2.36. The second-order valence-electron chi connectivity index (χ2n) is 8.81. The summed E-state index contributed by atoms with van der Waals surface area (Å²) in [5.41, 5.74) is 4.66. The third kappa shape index (κ3) is 5.22. The van der Waals surface area contributed by atoms with Crippen molar-refractivity contribution in [2.45, 2.75) is 50.5 Å². The summed E-state index contributed by atoms with van der Waals surface area (Å²) >= 11 is 0. The molecule has 0 spiro atoms. The first-order chi connectivity index (χ1) is 16.5. The lowest BCUT2D eigenvalue weighted by Gasteiger charge is -2.28. The Balaban J connectivity index is 1.58. The van der Waals surface area contributed by atoms with Gasteiger partial charge >= 0.3 is 0 Å². The van der Waals surface area contributed by atoms with Gasteiger partial charge in [0.25, 0.3) is 10.0 Å². The maximum Gasteiger partial charge on any atom is 0.261 e. The number of fused-ring (bicyclic) bond motifs is 1. The van der Waals surface area contributed by atoms with Gasteiger partial charge in [-0.15, -0.1) is 0 Å². The van der Waals surface area contributed by atoms with Gasteiger partial charge in [0.05, 0.1) is 16.4 Å². The van der Waals surface area contributed by atoms with Gasteiger partial charge in [0.1, 0.15) is 5.75 Å². The molecule has 0 radical (unpaired) electrons. The van der Waals surface area contributed by atoms with Crippen LogP contribution in [0.5, 0.6) is 5.75 Å². The van der Waals surface area contributed by atoms with E-state index in [0.717, 1.165) is 27.8 Å². The van der Waals surface area contributed by atoms with Gasteiger partial charge in [0, 0.05) is 18.8 Å². The van der Waals surface area contributed by atoms with Crippen molar-refractivity contribution >= 4 is 25.7 Å². The molecule has 0 aliphatic carbocycles. The fourth-order valence-electron chi connectivity index (χ4n) is 4.31. The summed E-state index contributed by atoms with van der Waals surface area (Å²) in [6, 6.07) is 15.3. The third-order valence-corrected chi connectivity index (χ3v) is 9.35. The van der Waals surface area contributed by atoms with Gasteiger partial charge < -0.3 is 4.74 Å². The van der Waals surface area contributed by atoms with Crippen molar-refractivity contribution in [2.24, 2.45) is 0 Å². The van der Waals surface area contributed by atoms with Crippen molar-refractivity contribution < 1.29 is 21.6 Å². The van der Waals surface area contributed by atoms with E-state index < -0.39 is 20.0 Å². The van der Waals surface area contributed by atoms with E-state index in [-0.39, 0.29) is 16.3 Å². The monoisotopic (exact) mass is 514 g/mol. The largest absolute Gasteiger partial charge is 0.493 e. The summed E-state index contributed by atoms with van der Waals surface area (Å²) < 4.78 is 62.2. The van der Waals surface area contributed by atoms with E-state index in [2.05, 4.69) is 4.72 Å². The van der Waals surface area contributed by atoms with Gasteiger partial charge in [-0.2, -0.15) is 4.31 Å². The van der Waals surface area contributed by atoms with Gasteiger partial charge in [-0.25, -0.2) is 16.8 Å². The van der Waals surface area contributed by atoms with Crippen LogP contribution in [0.3, 0.4) is 0 Å². The molecule has 0 saturated carbocycles. The molecule has 1 N–H and O–H groups in total. The predicted molar refractivity (Wildman–Crippen MR) is 137 cm³/mol. The zero-order chi connectivity index (χ0) is 25.4. The molecule has 0 bridgehead atoms. The van der Waals surface area contributed by atoms with Gasteiger partial charge in [-0.05, 0) is 92.8 Å². The first-order valence-electron chi connectivity index (χ1n) is 11.5. The minimum Gasteiger partial charge on any atom is -0.493 e. The van der Waals surface area contributed by atoms with Gasteiger partial charge in [0.2, 0.25) is 10.0 Å². The average Bonchev–Trinajstić information content (AvgIpc) is 2.81. The number of sulfonamides is 2. The summed E-state index contributed by atoms with van der Waals surface area (Å²) in [7, 11) is -7.49. The van der Waals surface area contributed by atoms with Crippen LogP contribution in [0.1, 0.15) is 34.7 Å². The van der Waals surface area contributed by atoms with Crippen molar-refractivity contribution in [2.75, 3.05) is 17.9 Å². The number of hydrogen-bond acceptors (Lipinski definition) is 5. The molecule has 35 heavy (non-hydrogen) atoms. The zero-order valence-corrected chi connectivity index (χ0v) is 22.0. The Labute approximate surface area is 207 Å². The van der Waals surface area contributed by atoms with Crippen LogP contribution < -0.4 is 9.46 Å². The topological polar surface area (TPSA) is 92.8 Å². The maximum atomic E-state index is 13.1. The van der Waals surface area contributed by atoms with Crippen LogP contribution in [0, 0.1) is 20.8 Å². The summed E-state index contributed by atoms with van der Waals surface area (Å²) in [6.45, 7) is 8.48. The van der Waals surface area contributed by atoms with Crippen LogP contribution >= 0.6 is 0 Å². The molecule has 0 amide bonds. The highest BCUT2D eigenvalue weighted by atomic mass is 32.2. The standard InChI is InChI=1S/C26H30N2O5S2/c1-5-33-26-19(3)14-25(15-20(26)4)34(29,30)27-23-9-8-21-12-13-28(17-22(21)16-23)35(31,32)24-10-6-18(2)7-11-24/h6-11,14-16,27H,5,12-13,17H2,1-4H3. The molecule has 0 unspecified atom stereocenters. The van der Waals surface area contributed by atoms with Crippen LogP contribution in [0.15, 0.2) is 64.4 Å². The molecule has 7 nitrogen and oxygen atoms in total. The van der Waals surface area contributed by atoms with Crippen LogP contribution in [0.25, 0.3) is 0 Å². The van der Waals surface area contributed by atoms with E-state index in [0.29, 0.717) is 31.0 Å². The molecule has 4 rings (SSSR count). The number of ether oxygens (including phenoxy) is 1. The third-order valence-electron chi connectivity index (χ3n) is 6.13.